The third kappa shape index (κ3) is 6.25. The van der Waals surface area contributed by atoms with E-state index in [0.717, 1.165) is 35.5 Å². The van der Waals surface area contributed by atoms with E-state index >= 15 is 0 Å². The average molecular weight is 437 g/mol. The number of urea groups is 1. The molecular formula is C26H36N4O2. The first-order valence-corrected chi connectivity index (χ1v) is 11.6. The lowest BCUT2D eigenvalue weighted by Crippen LogP contribution is -2.36. The lowest BCUT2D eigenvalue weighted by Gasteiger charge is -2.29. The topological polar surface area (TPSA) is 64.7 Å². The highest BCUT2D eigenvalue weighted by atomic mass is 16.2. The Bertz CT molecular complexity index is 909. The second kappa shape index (κ2) is 11.0. The van der Waals surface area contributed by atoms with E-state index in [-0.39, 0.29) is 17.9 Å². The van der Waals surface area contributed by atoms with Crippen LogP contribution < -0.4 is 15.5 Å². The molecule has 3 rings (SSSR count). The number of carbonyl (C=O) groups excluding carboxylic acids is 2. The van der Waals surface area contributed by atoms with E-state index in [0.29, 0.717) is 19.0 Å². The molecule has 0 aliphatic heterocycles. The van der Waals surface area contributed by atoms with Crippen molar-refractivity contribution >= 4 is 23.3 Å². The van der Waals surface area contributed by atoms with Crippen molar-refractivity contribution < 1.29 is 9.59 Å². The zero-order valence-corrected chi connectivity index (χ0v) is 19.7. The fraction of sp³-hybridized carbons (Fsp3) is 0.462. The summed E-state index contributed by atoms with van der Waals surface area (Å²) in [7, 11) is 4.00. The van der Waals surface area contributed by atoms with Crippen LogP contribution in [0.1, 0.15) is 50.2 Å². The average Bonchev–Trinajstić information content (AvgIpc) is 3.59. The molecule has 1 aliphatic rings. The third-order valence-corrected chi connectivity index (χ3v) is 5.91. The Morgan fingerprint density at radius 3 is 2.38 bits per heavy atom. The molecule has 0 heterocycles. The minimum absolute atomic E-state index is 0.144. The molecule has 3 amide bonds. The zero-order valence-electron chi connectivity index (χ0n) is 19.7. The first-order valence-electron chi connectivity index (χ1n) is 11.6. The second-order valence-corrected chi connectivity index (χ2v) is 8.76. The summed E-state index contributed by atoms with van der Waals surface area (Å²) in [5, 5.41) is 5.65. The quantitative estimate of drug-likeness (QED) is 0.561. The van der Waals surface area contributed by atoms with Gasteiger partial charge in [-0.3, -0.25) is 4.79 Å². The van der Waals surface area contributed by atoms with E-state index in [2.05, 4.69) is 22.5 Å². The molecular weight excluding hydrogens is 400 g/mol. The number of benzene rings is 2. The van der Waals surface area contributed by atoms with Crippen LogP contribution in [0.3, 0.4) is 0 Å². The van der Waals surface area contributed by atoms with Crippen LogP contribution in [-0.4, -0.2) is 44.0 Å². The molecule has 0 bridgehead atoms. The normalized spacial score (nSPS) is 13.9. The number of amides is 3. The van der Waals surface area contributed by atoms with Crippen molar-refractivity contribution in [3.8, 4) is 0 Å². The van der Waals surface area contributed by atoms with Crippen LogP contribution in [0.4, 0.5) is 16.2 Å². The second-order valence-electron chi connectivity index (χ2n) is 8.76. The molecule has 0 saturated heterocycles. The van der Waals surface area contributed by atoms with E-state index in [1.807, 2.05) is 74.4 Å². The highest BCUT2D eigenvalue weighted by Gasteiger charge is 2.31. The lowest BCUT2D eigenvalue weighted by molar-refractivity contribution is -0.133. The minimum atomic E-state index is -0.225. The molecule has 1 fully saturated rings. The van der Waals surface area contributed by atoms with Crippen LogP contribution in [0.25, 0.3) is 0 Å². The van der Waals surface area contributed by atoms with Gasteiger partial charge in [-0.1, -0.05) is 37.3 Å². The summed E-state index contributed by atoms with van der Waals surface area (Å²) in [6.45, 7) is 5.83. The molecule has 2 aromatic rings. The van der Waals surface area contributed by atoms with Crippen molar-refractivity contribution in [2.24, 2.45) is 5.92 Å². The first-order chi connectivity index (χ1) is 15.4. The Balaban J connectivity index is 1.88. The Morgan fingerprint density at radius 1 is 1.06 bits per heavy atom. The molecule has 2 N–H and O–H groups in total. The maximum absolute atomic E-state index is 13.7. The van der Waals surface area contributed by atoms with Gasteiger partial charge in [0.2, 0.25) is 5.91 Å². The van der Waals surface area contributed by atoms with Gasteiger partial charge < -0.3 is 20.4 Å². The molecule has 6 nitrogen and oxygen atoms in total. The molecule has 0 unspecified atom stereocenters. The van der Waals surface area contributed by atoms with Gasteiger partial charge in [-0.15, -0.1) is 0 Å². The fourth-order valence-corrected chi connectivity index (χ4v) is 4.07. The predicted octanol–water partition coefficient (Wildman–Crippen LogP) is 4.83. The Kier molecular flexibility index (Phi) is 8.14. The van der Waals surface area contributed by atoms with E-state index in [1.54, 1.807) is 0 Å². The number of nitrogens with zero attached hydrogens (tertiary/aromatic N) is 2. The standard InChI is InChI=1S/C26H36N4O2/c1-5-23(20-10-8-7-9-11-20)25(31)30(17-19-12-13-19)18-21-16-22(28-26(32)27-6-2)14-15-24(21)29(3)4/h7-11,14-16,19,23H,5-6,12-13,17-18H2,1-4H3,(H2,27,28,32)/t23-/m1/s1. The summed E-state index contributed by atoms with van der Waals surface area (Å²) in [4.78, 5) is 29.8. The monoisotopic (exact) mass is 436 g/mol. The van der Waals surface area contributed by atoms with Gasteiger partial charge in [0.25, 0.3) is 0 Å². The Labute approximate surface area is 192 Å². The van der Waals surface area contributed by atoms with Gasteiger partial charge in [0, 0.05) is 45.1 Å². The van der Waals surface area contributed by atoms with E-state index in [4.69, 9.17) is 0 Å². The maximum atomic E-state index is 13.7. The van der Waals surface area contributed by atoms with Gasteiger partial charge in [-0.2, -0.15) is 0 Å². The molecule has 6 heteroatoms. The summed E-state index contributed by atoms with van der Waals surface area (Å²) in [6, 6.07) is 15.7. The van der Waals surface area contributed by atoms with E-state index in [1.165, 1.54) is 12.8 Å². The molecule has 0 spiro atoms. The number of rotatable bonds is 10. The van der Waals surface area contributed by atoms with Gasteiger partial charge in [0.1, 0.15) is 0 Å². The molecule has 32 heavy (non-hydrogen) atoms. The highest BCUT2D eigenvalue weighted by molar-refractivity contribution is 5.89. The minimum Gasteiger partial charge on any atom is -0.377 e. The van der Waals surface area contributed by atoms with Gasteiger partial charge in [0.15, 0.2) is 0 Å². The van der Waals surface area contributed by atoms with Crippen LogP contribution in [0, 0.1) is 5.92 Å². The van der Waals surface area contributed by atoms with Crippen molar-refractivity contribution in [1.82, 2.24) is 10.2 Å². The van der Waals surface area contributed by atoms with Crippen LogP contribution in [0.5, 0.6) is 0 Å². The van der Waals surface area contributed by atoms with Gasteiger partial charge in [0.05, 0.1) is 5.92 Å². The zero-order chi connectivity index (χ0) is 23.1. The number of hydrogen-bond acceptors (Lipinski definition) is 3. The maximum Gasteiger partial charge on any atom is 0.319 e. The van der Waals surface area contributed by atoms with Crippen LogP contribution in [-0.2, 0) is 11.3 Å². The summed E-state index contributed by atoms with van der Waals surface area (Å²) in [6.07, 6.45) is 3.14. The molecule has 1 aliphatic carbocycles. The first kappa shape index (κ1) is 23.6. The van der Waals surface area contributed by atoms with Crippen LogP contribution >= 0.6 is 0 Å². The van der Waals surface area contributed by atoms with Crippen LogP contribution in [0.15, 0.2) is 48.5 Å². The fourth-order valence-electron chi connectivity index (χ4n) is 4.07. The lowest BCUT2D eigenvalue weighted by atomic mass is 9.94. The number of anilines is 2. The van der Waals surface area contributed by atoms with Crippen LogP contribution in [0.2, 0.25) is 0 Å². The molecule has 1 atom stereocenters. The molecule has 2 aromatic carbocycles. The van der Waals surface area contributed by atoms with Crippen molar-refractivity contribution in [3.63, 3.8) is 0 Å². The molecule has 172 valence electrons. The van der Waals surface area contributed by atoms with Crippen molar-refractivity contribution in [2.75, 3.05) is 37.4 Å². The van der Waals surface area contributed by atoms with Crippen molar-refractivity contribution in [2.45, 2.75) is 45.6 Å². The van der Waals surface area contributed by atoms with E-state index in [9.17, 15) is 9.59 Å². The summed E-state index contributed by atoms with van der Waals surface area (Å²) < 4.78 is 0. The number of carbonyl (C=O) groups is 2. The summed E-state index contributed by atoms with van der Waals surface area (Å²) >= 11 is 0. The SMILES string of the molecule is CCNC(=O)Nc1ccc(N(C)C)c(CN(CC2CC2)C(=O)[C@H](CC)c2ccccc2)c1. The third-order valence-electron chi connectivity index (χ3n) is 5.91. The Hall–Kier alpha value is -3.02. The predicted molar refractivity (Wildman–Crippen MR) is 131 cm³/mol. The number of nitrogens with one attached hydrogen (secondary N) is 2. The highest BCUT2D eigenvalue weighted by Crippen LogP contribution is 2.33. The molecule has 0 radical (unpaired) electrons. The van der Waals surface area contributed by atoms with Crippen molar-refractivity contribution in [3.05, 3.63) is 59.7 Å². The van der Waals surface area contributed by atoms with Gasteiger partial charge in [-0.25, -0.2) is 4.79 Å². The summed E-state index contributed by atoms with van der Waals surface area (Å²) in [5.74, 6) is 0.624. The number of hydrogen-bond donors (Lipinski definition) is 2. The molecule has 0 aromatic heterocycles. The Morgan fingerprint density at radius 2 is 1.78 bits per heavy atom. The van der Waals surface area contributed by atoms with E-state index < -0.39 is 0 Å². The summed E-state index contributed by atoms with van der Waals surface area (Å²) in [5.41, 5.74) is 3.87. The van der Waals surface area contributed by atoms with Crippen molar-refractivity contribution in [1.29, 1.82) is 0 Å². The van der Waals surface area contributed by atoms with Gasteiger partial charge in [-0.05, 0) is 61.4 Å². The van der Waals surface area contributed by atoms with Gasteiger partial charge >= 0.3 is 6.03 Å². The smallest absolute Gasteiger partial charge is 0.319 e. The molecule has 1 saturated carbocycles. The largest absolute Gasteiger partial charge is 0.377 e.